The molecule has 145 valence electrons. The Hall–Kier alpha value is -1.35. The molecule has 0 aromatic heterocycles. The molecule has 1 radical (unpaired) electrons. The molecule has 6 heteroatoms. The molecule has 1 aromatic rings. The van der Waals surface area contributed by atoms with E-state index in [0.717, 1.165) is 0 Å². The van der Waals surface area contributed by atoms with Gasteiger partial charge in [0, 0.05) is 11.9 Å². The van der Waals surface area contributed by atoms with E-state index in [0.29, 0.717) is 0 Å². The van der Waals surface area contributed by atoms with Crippen LogP contribution in [-0.2, 0) is 0 Å². The van der Waals surface area contributed by atoms with Crippen molar-refractivity contribution in [1.29, 1.82) is 0 Å². The van der Waals surface area contributed by atoms with Crippen molar-refractivity contribution in [3.8, 4) is 0 Å². The predicted octanol–water partition coefficient (Wildman–Crippen LogP) is 5.62. The number of fused-ring (bicyclic) bond motifs is 1. The fourth-order valence-corrected chi connectivity index (χ4v) is 20.8. The van der Waals surface area contributed by atoms with Crippen molar-refractivity contribution in [1.82, 2.24) is 8.46 Å². The van der Waals surface area contributed by atoms with Crippen molar-refractivity contribution >= 4 is 31.4 Å². The van der Waals surface area contributed by atoms with Crippen molar-refractivity contribution in [3.63, 3.8) is 0 Å². The average Bonchev–Trinajstić information content (AvgIpc) is 2.82. The van der Waals surface area contributed by atoms with Crippen LogP contribution in [0.2, 0.25) is 39.3 Å². The molecule has 0 fully saturated rings. The summed E-state index contributed by atoms with van der Waals surface area (Å²) in [4.78, 5) is 0. The summed E-state index contributed by atoms with van der Waals surface area (Å²) in [6, 6.07) is 4.66. The summed E-state index contributed by atoms with van der Waals surface area (Å²) < 4.78 is 8.21. The molecule has 0 amide bonds. The molecule has 0 N–H and O–H groups in total. The van der Waals surface area contributed by atoms with Gasteiger partial charge in [-0.3, -0.25) is 0 Å². The van der Waals surface area contributed by atoms with Gasteiger partial charge in [0.05, 0.1) is 5.70 Å². The van der Waals surface area contributed by atoms with Crippen molar-refractivity contribution < 1.29 is 0 Å². The van der Waals surface area contributed by atoms with E-state index in [1.165, 1.54) is 28.1 Å². The molecule has 3 rings (SSSR count). The van der Waals surface area contributed by atoms with Gasteiger partial charge in [-0.1, -0.05) is 63.1 Å². The lowest BCUT2D eigenvalue weighted by molar-refractivity contribution is 0.685. The second-order valence-corrected chi connectivity index (χ2v) is 22.6. The standard InChI is InChI=1S/C21H34N3Si3/c1-17-14-18(2)21(19(3)15-17)23-16-20-12-10-11-13-22(20)25(23)24(26(4,5)6)27(7,8)9/h10-16H,1-9H3. The fraction of sp³-hybridized carbons (Fsp3) is 0.429. The molecule has 0 saturated carbocycles. The van der Waals surface area contributed by atoms with Gasteiger partial charge in [-0.2, -0.15) is 0 Å². The third-order valence-electron chi connectivity index (χ3n) is 5.00. The zero-order valence-corrected chi connectivity index (χ0v) is 21.4. The van der Waals surface area contributed by atoms with Crippen molar-refractivity contribution in [3.05, 3.63) is 65.1 Å². The highest BCUT2D eigenvalue weighted by Crippen LogP contribution is 2.38. The number of anilines is 1. The topological polar surface area (TPSA) is 9.72 Å². The Morgan fingerprint density at radius 2 is 1.37 bits per heavy atom. The van der Waals surface area contributed by atoms with Gasteiger partial charge >= 0.3 is 9.28 Å². The minimum atomic E-state index is -1.52. The SMILES string of the molecule is Cc1cc(C)c(N2C=C3C=CC=CN3[Si]2N([Si](C)(C)C)[Si](C)(C)C)c(C)c1. The predicted molar refractivity (Wildman–Crippen MR) is 126 cm³/mol. The second-order valence-electron chi connectivity index (χ2n) is 9.72. The maximum Gasteiger partial charge on any atom is 0.393 e. The highest BCUT2D eigenvalue weighted by atomic mass is 28.5. The van der Waals surface area contributed by atoms with Crippen molar-refractivity contribution in [2.45, 2.75) is 60.1 Å². The Balaban J connectivity index is 2.21. The largest absolute Gasteiger partial charge is 0.393 e. The van der Waals surface area contributed by atoms with Crippen LogP contribution in [0.1, 0.15) is 16.7 Å². The molecule has 0 atom stereocenters. The summed E-state index contributed by atoms with van der Waals surface area (Å²) in [7, 11) is -4.15. The van der Waals surface area contributed by atoms with Crippen LogP contribution in [0.5, 0.6) is 0 Å². The molecule has 0 unspecified atom stereocenters. The summed E-state index contributed by atoms with van der Waals surface area (Å²) in [6.45, 7) is 21.8. The minimum Gasteiger partial charge on any atom is -0.343 e. The summed E-state index contributed by atoms with van der Waals surface area (Å²) >= 11 is 0. The van der Waals surface area contributed by atoms with E-state index >= 15 is 0 Å². The molecule has 0 spiro atoms. The molecule has 27 heavy (non-hydrogen) atoms. The highest BCUT2D eigenvalue weighted by molar-refractivity contribution is 6.99. The maximum absolute atomic E-state index is 3.00. The maximum atomic E-state index is 3.00. The van der Waals surface area contributed by atoms with E-state index in [1.54, 1.807) is 0 Å². The van der Waals surface area contributed by atoms with Gasteiger partial charge in [-0.05, 0) is 50.3 Å². The number of nitrogens with zero attached hydrogens (tertiary/aromatic N) is 3. The number of allylic oxidation sites excluding steroid dienone is 3. The Morgan fingerprint density at radius 1 is 0.815 bits per heavy atom. The minimum absolute atomic E-state index is 1.12. The van der Waals surface area contributed by atoms with Gasteiger partial charge in [-0.15, -0.1) is 0 Å². The van der Waals surface area contributed by atoms with E-state index in [4.69, 9.17) is 0 Å². The molecule has 0 bridgehead atoms. The number of hydrogen-bond acceptors (Lipinski definition) is 3. The van der Waals surface area contributed by atoms with Crippen molar-refractivity contribution in [2.75, 3.05) is 4.57 Å². The zero-order chi connectivity index (χ0) is 20.1. The first kappa shape index (κ1) is 20.4. The van der Waals surface area contributed by atoms with Gasteiger partial charge in [-0.25, -0.2) is 0 Å². The average molecular weight is 413 g/mol. The number of aryl methyl sites for hydroxylation is 3. The first-order valence-corrected chi connectivity index (χ1v) is 18.0. The summed E-state index contributed by atoms with van der Waals surface area (Å²) in [5, 5.41) is 0. The van der Waals surface area contributed by atoms with Crippen LogP contribution >= 0.6 is 0 Å². The smallest absolute Gasteiger partial charge is 0.343 e. The third kappa shape index (κ3) is 3.81. The molecule has 0 saturated heterocycles. The quantitative estimate of drug-likeness (QED) is 0.595. The van der Waals surface area contributed by atoms with Gasteiger partial charge in [0.2, 0.25) is 0 Å². The Morgan fingerprint density at radius 3 is 1.89 bits per heavy atom. The Labute approximate surface area is 169 Å². The van der Waals surface area contributed by atoms with Gasteiger partial charge in [0.1, 0.15) is 16.5 Å². The normalized spacial score (nSPS) is 17.8. The first-order chi connectivity index (χ1) is 12.4. The van der Waals surface area contributed by atoms with E-state index in [9.17, 15) is 0 Å². The number of benzene rings is 1. The van der Waals surface area contributed by atoms with Crippen LogP contribution in [0.25, 0.3) is 0 Å². The summed E-state index contributed by atoms with van der Waals surface area (Å²) in [6.07, 6.45) is 11.3. The molecular weight excluding hydrogens is 379 g/mol. The van der Waals surface area contributed by atoms with Crippen LogP contribution in [0.15, 0.2) is 48.5 Å². The first-order valence-electron chi connectivity index (χ1n) is 9.81. The van der Waals surface area contributed by atoms with E-state index < -0.39 is 25.8 Å². The lowest BCUT2D eigenvalue weighted by atomic mass is 10.1. The molecule has 2 aliphatic rings. The lowest BCUT2D eigenvalue weighted by Crippen LogP contribution is -2.72. The molecule has 2 aliphatic heterocycles. The van der Waals surface area contributed by atoms with Gasteiger partial charge in [0.15, 0.2) is 0 Å². The second kappa shape index (κ2) is 6.92. The lowest BCUT2D eigenvalue weighted by Gasteiger charge is -2.50. The summed E-state index contributed by atoms with van der Waals surface area (Å²) in [5.41, 5.74) is 6.84. The highest BCUT2D eigenvalue weighted by Gasteiger charge is 2.50. The van der Waals surface area contributed by atoms with Crippen LogP contribution < -0.4 is 4.57 Å². The van der Waals surface area contributed by atoms with Gasteiger partial charge < -0.3 is 13.0 Å². The molecular formula is C21H34N3Si3. The monoisotopic (exact) mass is 412 g/mol. The van der Waals surface area contributed by atoms with Gasteiger partial charge in [0.25, 0.3) is 0 Å². The van der Waals surface area contributed by atoms with Crippen LogP contribution in [0.4, 0.5) is 5.69 Å². The van der Waals surface area contributed by atoms with E-state index in [-0.39, 0.29) is 0 Å². The van der Waals surface area contributed by atoms with Crippen molar-refractivity contribution in [2.24, 2.45) is 0 Å². The Kier molecular flexibility index (Phi) is 5.22. The van der Waals surface area contributed by atoms with E-state index in [1.807, 2.05) is 0 Å². The third-order valence-corrected chi connectivity index (χ3v) is 19.0. The molecule has 0 aliphatic carbocycles. The zero-order valence-electron chi connectivity index (χ0n) is 18.4. The van der Waals surface area contributed by atoms with Crippen LogP contribution in [0, 0.1) is 20.8 Å². The fourth-order valence-electron chi connectivity index (χ4n) is 4.59. The number of hydrogen-bond donors (Lipinski definition) is 0. The molecule has 1 aromatic carbocycles. The number of rotatable bonds is 4. The molecule has 3 nitrogen and oxygen atoms in total. The Bertz CT molecular complexity index is 791. The van der Waals surface area contributed by atoms with E-state index in [2.05, 4.69) is 116 Å². The molecule has 2 heterocycles. The van der Waals surface area contributed by atoms with Crippen LogP contribution in [-0.4, -0.2) is 34.2 Å². The summed E-state index contributed by atoms with van der Waals surface area (Å²) in [5.74, 6) is 0. The van der Waals surface area contributed by atoms with Crippen LogP contribution in [0.3, 0.4) is 0 Å².